The molecule has 0 radical (unpaired) electrons. The molecule has 1 saturated heterocycles. The molecule has 2 heterocycles. The molecular formula is C11H12ClNO2S. The number of ketones is 1. The topological polar surface area (TPSA) is 37.4 Å². The maximum absolute atomic E-state index is 12.1. The van der Waals surface area contributed by atoms with Crippen molar-refractivity contribution in [2.45, 2.75) is 13.3 Å². The van der Waals surface area contributed by atoms with Gasteiger partial charge in [0.15, 0.2) is 0 Å². The molecular weight excluding hydrogens is 246 g/mol. The van der Waals surface area contributed by atoms with E-state index in [0.717, 1.165) is 0 Å². The van der Waals surface area contributed by atoms with Crippen molar-refractivity contribution in [3.05, 3.63) is 21.3 Å². The number of Topliss-reactive ketones (excluding diaryl/α,β-unsaturated/α-hetero) is 1. The highest BCUT2D eigenvalue weighted by Gasteiger charge is 2.28. The number of likely N-dealkylation sites (tertiary alicyclic amines) is 1. The van der Waals surface area contributed by atoms with Crippen LogP contribution in [0.2, 0.25) is 5.02 Å². The van der Waals surface area contributed by atoms with E-state index < -0.39 is 0 Å². The van der Waals surface area contributed by atoms with E-state index in [4.69, 9.17) is 11.6 Å². The van der Waals surface area contributed by atoms with E-state index >= 15 is 0 Å². The van der Waals surface area contributed by atoms with Crippen LogP contribution in [0.4, 0.5) is 0 Å². The zero-order valence-electron chi connectivity index (χ0n) is 8.90. The first-order chi connectivity index (χ1) is 7.59. The minimum absolute atomic E-state index is 0.0562. The predicted molar refractivity (Wildman–Crippen MR) is 64.0 cm³/mol. The Hall–Kier alpha value is -0.870. The van der Waals surface area contributed by atoms with Gasteiger partial charge in [-0.1, -0.05) is 18.5 Å². The lowest BCUT2D eigenvalue weighted by molar-refractivity contribution is -0.124. The van der Waals surface area contributed by atoms with Crippen molar-refractivity contribution < 1.29 is 9.59 Å². The van der Waals surface area contributed by atoms with Crippen LogP contribution in [0.5, 0.6) is 0 Å². The molecule has 1 amide bonds. The van der Waals surface area contributed by atoms with E-state index in [-0.39, 0.29) is 17.6 Å². The molecule has 2 rings (SSSR count). The Morgan fingerprint density at radius 2 is 2.38 bits per heavy atom. The number of piperidine rings is 1. The lowest BCUT2D eigenvalue weighted by atomic mass is 9.98. The lowest BCUT2D eigenvalue weighted by Gasteiger charge is -2.29. The Kier molecular flexibility index (Phi) is 3.30. The molecule has 0 saturated carbocycles. The fraction of sp³-hybridized carbons (Fsp3) is 0.455. The maximum Gasteiger partial charge on any atom is 0.265 e. The van der Waals surface area contributed by atoms with Crippen molar-refractivity contribution in [1.29, 1.82) is 0 Å². The highest BCUT2D eigenvalue weighted by Crippen LogP contribution is 2.25. The molecule has 1 fully saturated rings. The van der Waals surface area contributed by atoms with Gasteiger partial charge in [0.1, 0.15) is 10.7 Å². The summed E-state index contributed by atoms with van der Waals surface area (Å²) < 4.78 is 0. The summed E-state index contributed by atoms with van der Waals surface area (Å²) in [5.74, 6) is 0.122. The van der Waals surface area contributed by atoms with E-state index in [9.17, 15) is 9.59 Å². The third-order valence-electron chi connectivity index (χ3n) is 2.77. The molecule has 1 aliphatic heterocycles. The average Bonchev–Trinajstić information content (AvgIpc) is 2.67. The van der Waals surface area contributed by atoms with Gasteiger partial charge in [-0.3, -0.25) is 9.59 Å². The largest absolute Gasteiger partial charge is 0.337 e. The monoisotopic (exact) mass is 257 g/mol. The number of rotatable bonds is 1. The van der Waals surface area contributed by atoms with Crippen molar-refractivity contribution in [1.82, 2.24) is 4.90 Å². The van der Waals surface area contributed by atoms with Gasteiger partial charge < -0.3 is 4.90 Å². The molecule has 0 N–H and O–H groups in total. The van der Waals surface area contributed by atoms with Crippen LogP contribution < -0.4 is 0 Å². The summed E-state index contributed by atoms with van der Waals surface area (Å²) in [6, 6.07) is 1.72. The maximum atomic E-state index is 12.1. The number of nitrogens with zero attached hydrogens (tertiary/aromatic N) is 1. The number of carbonyl (C=O) groups is 2. The number of amides is 1. The second-order valence-corrected chi connectivity index (χ2v) is 5.29. The first-order valence-electron chi connectivity index (χ1n) is 5.14. The average molecular weight is 258 g/mol. The van der Waals surface area contributed by atoms with Crippen LogP contribution in [-0.2, 0) is 4.79 Å². The van der Waals surface area contributed by atoms with E-state index in [0.29, 0.717) is 29.4 Å². The molecule has 0 aromatic carbocycles. The quantitative estimate of drug-likeness (QED) is 0.775. The van der Waals surface area contributed by atoms with E-state index in [1.807, 2.05) is 6.92 Å². The molecule has 86 valence electrons. The standard InChI is InChI=1S/C11H12ClNO2S/c1-7-6-13(4-2-9(7)14)11(15)10-8(12)3-5-16-10/h3,5,7H,2,4,6H2,1H3. The third kappa shape index (κ3) is 2.13. The lowest BCUT2D eigenvalue weighted by Crippen LogP contribution is -2.42. The van der Waals surface area contributed by atoms with Crippen LogP contribution in [0.25, 0.3) is 0 Å². The molecule has 1 unspecified atom stereocenters. The fourth-order valence-electron chi connectivity index (χ4n) is 1.79. The van der Waals surface area contributed by atoms with Gasteiger partial charge in [0.25, 0.3) is 5.91 Å². The molecule has 3 nitrogen and oxygen atoms in total. The van der Waals surface area contributed by atoms with Crippen LogP contribution in [0.1, 0.15) is 23.0 Å². The Balaban J connectivity index is 2.12. The summed E-state index contributed by atoms with van der Waals surface area (Å²) in [7, 11) is 0. The number of carbonyl (C=O) groups excluding carboxylic acids is 2. The Morgan fingerprint density at radius 1 is 1.62 bits per heavy atom. The third-order valence-corrected chi connectivity index (χ3v) is 4.10. The number of hydrogen-bond donors (Lipinski definition) is 0. The highest BCUT2D eigenvalue weighted by molar-refractivity contribution is 7.12. The molecule has 1 atom stereocenters. The van der Waals surface area contributed by atoms with Crippen LogP contribution in [0.15, 0.2) is 11.4 Å². The predicted octanol–water partition coefficient (Wildman–Crippen LogP) is 2.45. The second kappa shape index (κ2) is 4.55. The molecule has 0 spiro atoms. The summed E-state index contributed by atoms with van der Waals surface area (Å²) in [6.07, 6.45) is 0.454. The Morgan fingerprint density at radius 3 is 2.94 bits per heavy atom. The van der Waals surface area contributed by atoms with E-state index in [1.165, 1.54) is 11.3 Å². The second-order valence-electron chi connectivity index (χ2n) is 3.97. The van der Waals surface area contributed by atoms with Crippen LogP contribution in [-0.4, -0.2) is 29.7 Å². The smallest absolute Gasteiger partial charge is 0.265 e. The van der Waals surface area contributed by atoms with Gasteiger partial charge in [0, 0.05) is 25.4 Å². The number of halogens is 1. The van der Waals surface area contributed by atoms with Gasteiger partial charge >= 0.3 is 0 Å². The minimum atomic E-state index is -0.0589. The van der Waals surface area contributed by atoms with Gasteiger partial charge in [0.05, 0.1) is 5.02 Å². The first-order valence-corrected chi connectivity index (χ1v) is 6.40. The van der Waals surface area contributed by atoms with Gasteiger partial charge in [-0.15, -0.1) is 11.3 Å². The SMILES string of the molecule is CC1CN(C(=O)c2sccc2Cl)CCC1=O. The van der Waals surface area contributed by atoms with Crippen LogP contribution in [0.3, 0.4) is 0 Å². The summed E-state index contributed by atoms with van der Waals surface area (Å²) in [6.45, 7) is 2.87. The molecule has 1 aromatic heterocycles. The van der Waals surface area contributed by atoms with Crippen molar-refractivity contribution >= 4 is 34.6 Å². The minimum Gasteiger partial charge on any atom is -0.337 e. The van der Waals surface area contributed by atoms with Crippen LogP contribution >= 0.6 is 22.9 Å². The van der Waals surface area contributed by atoms with Crippen LogP contribution in [0, 0.1) is 5.92 Å². The molecule has 0 bridgehead atoms. The molecule has 16 heavy (non-hydrogen) atoms. The first kappa shape index (κ1) is 11.6. The number of hydrogen-bond acceptors (Lipinski definition) is 3. The molecule has 5 heteroatoms. The molecule has 0 aliphatic carbocycles. The summed E-state index contributed by atoms with van der Waals surface area (Å²) in [5.41, 5.74) is 0. The van der Waals surface area contributed by atoms with Gasteiger partial charge in [-0.2, -0.15) is 0 Å². The summed E-state index contributed by atoms with van der Waals surface area (Å²) in [5, 5.41) is 2.30. The van der Waals surface area contributed by atoms with Crippen molar-refractivity contribution in [3.63, 3.8) is 0 Å². The Labute approximate surface area is 103 Å². The zero-order valence-corrected chi connectivity index (χ0v) is 10.5. The van der Waals surface area contributed by atoms with Gasteiger partial charge in [-0.25, -0.2) is 0 Å². The van der Waals surface area contributed by atoms with Crippen molar-refractivity contribution in [2.24, 2.45) is 5.92 Å². The zero-order chi connectivity index (χ0) is 11.7. The van der Waals surface area contributed by atoms with E-state index in [2.05, 4.69) is 0 Å². The molecule has 1 aromatic rings. The summed E-state index contributed by atoms with van der Waals surface area (Å²) in [4.78, 5) is 25.7. The Bertz CT molecular complexity index is 429. The fourth-order valence-corrected chi connectivity index (χ4v) is 2.89. The number of thiophene rings is 1. The van der Waals surface area contributed by atoms with E-state index in [1.54, 1.807) is 16.3 Å². The van der Waals surface area contributed by atoms with Crippen molar-refractivity contribution in [3.8, 4) is 0 Å². The van der Waals surface area contributed by atoms with Gasteiger partial charge in [0.2, 0.25) is 0 Å². The van der Waals surface area contributed by atoms with Gasteiger partial charge in [-0.05, 0) is 11.4 Å². The highest BCUT2D eigenvalue weighted by atomic mass is 35.5. The normalized spacial score (nSPS) is 21.2. The van der Waals surface area contributed by atoms with Crippen molar-refractivity contribution in [2.75, 3.05) is 13.1 Å². The summed E-state index contributed by atoms with van der Waals surface area (Å²) >= 11 is 7.26. The molecule has 1 aliphatic rings.